The van der Waals surface area contributed by atoms with E-state index in [2.05, 4.69) is 15.9 Å². The lowest BCUT2D eigenvalue weighted by Gasteiger charge is -2.27. The van der Waals surface area contributed by atoms with Crippen molar-refractivity contribution in [3.8, 4) is 12.3 Å². The van der Waals surface area contributed by atoms with Crippen molar-refractivity contribution in [2.75, 3.05) is 12.3 Å². The molecule has 0 amide bonds. The third-order valence-electron chi connectivity index (χ3n) is 4.38. The average Bonchev–Trinajstić information content (AvgIpc) is 3.02. The molecule has 0 aromatic carbocycles. The van der Waals surface area contributed by atoms with Gasteiger partial charge >= 0.3 is 0 Å². The molecule has 5 N–H and O–H groups in total. The number of nitrogen functional groups attached to an aromatic ring is 1. The summed E-state index contributed by atoms with van der Waals surface area (Å²) in [7, 11) is 0. The van der Waals surface area contributed by atoms with Crippen molar-refractivity contribution in [2.45, 2.75) is 30.2 Å². The number of H-pyrrole nitrogens is 1. The number of hydrogen-bond acceptors (Lipinski definition) is 6. The standard InChI is InChI=1S/C15H16ClFN4O4/c1-3-15(16)7(5-22)10(6(2)23)25-13(15)21-4-8(17)9-11(21)19-14(18)20-12(9)24/h1,4,6-7,10,13,22-23H,5H2,2H3,(H3,18,19,20,24)/t6-,7?,10+,13+,15?/m0/s1. The van der Waals surface area contributed by atoms with Gasteiger partial charge in [0.15, 0.2) is 22.6 Å². The second-order valence-electron chi connectivity index (χ2n) is 5.93. The van der Waals surface area contributed by atoms with E-state index in [1.165, 1.54) is 6.92 Å². The molecule has 2 aromatic heterocycles. The first-order valence-corrected chi connectivity index (χ1v) is 7.79. The van der Waals surface area contributed by atoms with Crippen LogP contribution in [0, 0.1) is 24.1 Å². The molecule has 10 heteroatoms. The molecule has 3 heterocycles. The highest BCUT2D eigenvalue weighted by molar-refractivity contribution is 6.26. The topological polar surface area (TPSA) is 126 Å². The highest BCUT2D eigenvalue weighted by atomic mass is 35.5. The van der Waals surface area contributed by atoms with E-state index in [1.807, 2.05) is 0 Å². The fraction of sp³-hybridized carbons (Fsp3) is 0.467. The van der Waals surface area contributed by atoms with Crippen LogP contribution in [0.4, 0.5) is 10.3 Å². The van der Waals surface area contributed by atoms with Crippen LogP contribution in [0.15, 0.2) is 11.0 Å². The average molecular weight is 371 g/mol. The van der Waals surface area contributed by atoms with Gasteiger partial charge in [-0.2, -0.15) is 4.98 Å². The van der Waals surface area contributed by atoms with Crippen molar-refractivity contribution < 1.29 is 19.3 Å². The summed E-state index contributed by atoms with van der Waals surface area (Å²) in [5, 5.41) is 19.3. The molecule has 0 radical (unpaired) electrons. The first kappa shape index (κ1) is 17.7. The summed E-state index contributed by atoms with van der Waals surface area (Å²) in [4.78, 5) is 16.5. The van der Waals surface area contributed by atoms with Crippen molar-refractivity contribution in [3.63, 3.8) is 0 Å². The molecule has 2 unspecified atom stereocenters. The zero-order chi connectivity index (χ0) is 18.5. The van der Waals surface area contributed by atoms with Gasteiger partial charge in [-0.25, -0.2) is 4.39 Å². The summed E-state index contributed by atoms with van der Waals surface area (Å²) in [6, 6.07) is 0. The Balaban J connectivity index is 2.24. The summed E-state index contributed by atoms with van der Waals surface area (Å²) >= 11 is 6.53. The molecule has 0 aliphatic carbocycles. The number of anilines is 1. The minimum Gasteiger partial charge on any atom is -0.396 e. The molecule has 2 aromatic rings. The number of aliphatic hydroxyl groups is 2. The lowest BCUT2D eigenvalue weighted by Crippen LogP contribution is -2.40. The lowest BCUT2D eigenvalue weighted by atomic mass is 9.87. The SMILES string of the molecule is C#CC1(Cl)C(CO)[C@@H]([C@H](C)O)O[C@H]1n1cc(F)c2c(=O)[nH]c(N)nc21. The molecule has 1 saturated heterocycles. The first-order valence-electron chi connectivity index (χ1n) is 7.41. The van der Waals surface area contributed by atoms with Gasteiger partial charge in [-0.3, -0.25) is 14.3 Å². The van der Waals surface area contributed by atoms with Crippen LogP contribution in [0.5, 0.6) is 0 Å². The van der Waals surface area contributed by atoms with Crippen LogP contribution in [-0.2, 0) is 4.74 Å². The molecule has 134 valence electrons. The minimum absolute atomic E-state index is 0.105. The number of halogens is 2. The quantitative estimate of drug-likeness (QED) is 0.443. The van der Waals surface area contributed by atoms with Gasteiger partial charge in [0.25, 0.3) is 5.56 Å². The Kier molecular flexibility index (Phi) is 4.25. The van der Waals surface area contributed by atoms with Crippen molar-refractivity contribution in [1.82, 2.24) is 14.5 Å². The van der Waals surface area contributed by atoms with E-state index >= 15 is 0 Å². The molecule has 3 rings (SSSR count). The number of aliphatic hydroxyl groups excluding tert-OH is 2. The number of ether oxygens (including phenoxy) is 1. The van der Waals surface area contributed by atoms with Crippen molar-refractivity contribution >= 4 is 28.6 Å². The van der Waals surface area contributed by atoms with Gasteiger partial charge in [-0.1, -0.05) is 17.5 Å². The van der Waals surface area contributed by atoms with E-state index in [0.717, 1.165) is 10.8 Å². The lowest BCUT2D eigenvalue weighted by molar-refractivity contribution is -0.0661. The summed E-state index contributed by atoms with van der Waals surface area (Å²) in [5.41, 5.74) is 4.67. The predicted octanol–water partition coefficient (Wildman–Crippen LogP) is -0.0566. The zero-order valence-corrected chi connectivity index (χ0v) is 13.9. The molecule has 1 aliphatic rings. The normalized spacial score (nSPS) is 30.5. The van der Waals surface area contributed by atoms with Crippen LogP contribution in [0.3, 0.4) is 0 Å². The number of aromatic nitrogens is 3. The Labute approximate surface area is 146 Å². The monoisotopic (exact) mass is 370 g/mol. The van der Waals surface area contributed by atoms with E-state index in [0.29, 0.717) is 0 Å². The van der Waals surface area contributed by atoms with E-state index in [9.17, 15) is 19.4 Å². The summed E-state index contributed by atoms with van der Waals surface area (Å²) in [5.74, 6) is 0.452. The maximum atomic E-state index is 14.3. The van der Waals surface area contributed by atoms with E-state index in [4.69, 9.17) is 28.5 Å². The van der Waals surface area contributed by atoms with E-state index in [-0.39, 0.29) is 17.0 Å². The molecule has 1 aliphatic heterocycles. The fourth-order valence-electron chi connectivity index (χ4n) is 3.20. The van der Waals surface area contributed by atoms with Crippen LogP contribution < -0.4 is 11.3 Å². The second-order valence-corrected chi connectivity index (χ2v) is 6.55. The number of nitrogens with two attached hydrogens (primary N) is 1. The van der Waals surface area contributed by atoms with E-state index in [1.54, 1.807) is 0 Å². The van der Waals surface area contributed by atoms with Crippen LogP contribution >= 0.6 is 11.6 Å². The van der Waals surface area contributed by atoms with Crippen LogP contribution in [0.1, 0.15) is 13.2 Å². The van der Waals surface area contributed by atoms with Crippen LogP contribution in [0.25, 0.3) is 11.0 Å². The maximum absolute atomic E-state index is 14.3. The fourth-order valence-corrected chi connectivity index (χ4v) is 3.55. The van der Waals surface area contributed by atoms with Gasteiger partial charge in [-0.15, -0.1) is 6.42 Å². The number of nitrogens with zero attached hydrogens (tertiary/aromatic N) is 2. The summed E-state index contributed by atoms with van der Waals surface area (Å²) in [6.45, 7) is 0.996. The molecule has 8 nitrogen and oxygen atoms in total. The van der Waals surface area contributed by atoms with Gasteiger partial charge < -0.3 is 20.7 Å². The van der Waals surface area contributed by atoms with E-state index < -0.39 is 47.2 Å². The molecular weight excluding hydrogens is 355 g/mol. The van der Waals surface area contributed by atoms with Crippen molar-refractivity contribution in [1.29, 1.82) is 0 Å². The summed E-state index contributed by atoms with van der Waals surface area (Å²) < 4.78 is 21.2. The number of hydrogen-bond donors (Lipinski definition) is 4. The van der Waals surface area contributed by atoms with Gasteiger partial charge in [0.05, 0.1) is 18.8 Å². The molecule has 0 bridgehead atoms. The molecule has 5 atom stereocenters. The van der Waals surface area contributed by atoms with Crippen molar-refractivity contribution in [3.05, 3.63) is 22.4 Å². The van der Waals surface area contributed by atoms with Crippen LogP contribution in [0.2, 0.25) is 0 Å². The molecular formula is C15H16ClFN4O4. The summed E-state index contributed by atoms with van der Waals surface area (Å²) in [6.07, 6.45) is 3.45. The van der Waals surface area contributed by atoms with Crippen molar-refractivity contribution in [2.24, 2.45) is 5.92 Å². The van der Waals surface area contributed by atoms with Crippen LogP contribution in [-0.4, -0.2) is 48.4 Å². The Morgan fingerprint density at radius 1 is 1.72 bits per heavy atom. The highest BCUT2D eigenvalue weighted by Gasteiger charge is 2.57. The third-order valence-corrected chi connectivity index (χ3v) is 4.96. The zero-order valence-electron chi connectivity index (χ0n) is 13.1. The predicted molar refractivity (Wildman–Crippen MR) is 88.3 cm³/mol. The van der Waals surface area contributed by atoms with Gasteiger partial charge in [0.1, 0.15) is 5.39 Å². The van der Waals surface area contributed by atoms with Gasteiger partial charge in [0.2, 0.25) is 5.95 Å². The molecule has 25 heavy (non-hydrogen) atoms. The Bertz CT molecular complexity index is 921. The maximum Gasteiger partial charge on any atom is 0.264 e. The number of terminal acetylenes is 1. The minimum atomic E-state index is -1.60. The molecule has 1 fully saturated rings. The largest absolute Gasteiger partial charge is 0.396 e. The number of nitrogens with one attached hydrogen (secondary N) is 1. The Hall–Kier alpha value is -2.12. The smallest absolute Gasteiger partial charge is 0.264 e. The number of aromatic amines is 1. The number of fused-ring (bicyclic) bond motifs is 1. The molecule has 0 saturated carbocycles. The molecule has 0 spiro atoms. The van der Waals surface area contributed by atoms with Gasteiger partial charge in [-0.05, 0) is 6.92 Å². The first-order chi connectivity index (χ1) is 11.7. The highest BCUT2D eigenvalue weighted by Crippen LogP contribution is 2.48. The van der Waals surface area contributed by atoms with Gasteiger partial charge in [0, 0.05) is 12.1 Å². The number of alkyl halides is 1. The Morgan fingerprint density at radius 3 is 2.96 bits per heavy atom. The third kappa shape index (κ3) is 2.49. The second kappa shape index (κ2) is 6.00. The Morgan fingerprint density at radius 2 is 2.40 bits per heavy atom. The number of rotatable bonds is 3.